The predicted molar refractivity (Wildman–Crippen MR) is 100 cm³/mol. The fourth-order valence-corrected chi connectivity index (χ4v) is 3.46. The molecule has 2 aromatic rings. The van der Waals surface area contributed by atoms with Crippen LogP contribution in [-0.4, -0.2) is 29.0 Å². The van der Waals surface area contributed by atoms with E-state index in [4.69, 9.17) is 15.5 Å². The number of esters is 1. The maximum absolute atomic E-state index is 13.1. The number of rotatable bonds is 4. The number of aromatic nitrogens is 1. The number of pyridine rings is 1. The van der Waals surface area contributed by atoms with Crippen LogP contribution in [0.25, 0.3) is 10.9 Å². The Kier molecular flexibility index (Phi) is 5.39. The summed E-state index contributed by atoms with van der Waals surface area (Å²) in [6.07, 6.45) is 2.45. The van der Waals surface area contributed by atoms with Crippen molar-refractivity contribution in [3.63, 3.8) is 0 Å². The SMILES string of the molecule is CC(C)[C@H](OC(=O)c1c2c(nc3ccccc13)CCCC2)C(=O)NC(N)=O. The lowest BCUT2D eigenvalue weighted by Crippen LogP contribution is -2.45. The average Bonchev–Trinajstić information content (AvgIpc) is 2.62. The molecule has 1 heterocycles. The Labute approximate surface area is 157 Å². The zero-order chi connectivity index (χ0) is 19.6. The highest BCUT2D eigenvalue weighted by Gasteiger charge is 2.30. The Bertz CT molecular complexity index is 907. The second-order valence-corrected chi connectivity index (χ2v) is 7.06. The fraction of sp³-hybridized carbons (Fsp3) is 0.400. The molecule has 7 heteroatoms. The molecule has 1 aromatic heterocycles. The van der Waals surface area contributed by atoms with Crippen LogP contribution < -0.4 is 11.1 Å². The van der Waals surface area contributed by atoms with Crippen molar-refractivity contribution < 1.29 is 19.1 Å². The largest absolute Gasteiger partial charge is 0.448 e. The summed E-state index contributed by atoms with van der Waals surface area (Å²) in [6, 6.07) is 6.43. The fourth-order valence-electron chi connectivity index (χ4n) is 3.46. The van der Waals surface area contributed by atoms with E-state index in [-0.39, 0.29) is 5.92 Å². The number of primary amides is 1. The molecule has 0 aliphatic heterocycles. The van der Waals surface area contributed by atoms with E-state index in [0.29, 0.717) is 10.9 Å². The Morgan fingerprint density at radius 1 is 1.15 bits per heavy atom. The van der Waals surface area contributed by atoms with Crippen molar-refractivity contribution in [1.29, 1.82) is 0 Å². The van der Waals surface area contributed by atoms with Gasteiger partial charge in [-0.3, -0.25) is 15.1 Å². The van der Waals surface area contributed by atoms with Crippen LogP contribution in [0.2, 0.25) is 0 Å². The maximum atomic E-state index is 13.1. The summed E-state index contributed by atoms with van der Waals surface area (Å²) in [4.78, 5) is 41.0. The number of hydrogen-bond donors (Lipinski definition) is 2. The smallest absolute Gasteiger partial charge is 0.339 e. The molecule has 0 radical (unpaired) electrons. The van der Waals surface area contributed by atoms with Gasteiger partial charge in [0.15, 0.2) is 6.10 Å². The zero-order valence-corrected chi connectivity index (χ0v) is 15.5. The van der Waals surface area contributed by atoms with Gasteiger partial charge in [0, 0.05) is 11.1 Å². The first-order valence-corrected chi connectivity index (χ1v) is 9.10. The average molecular weight is 369 g/mol. The van der Waals surface area contributed by atoms with Gasteiger partial charge in [-0.15, -0.1) is 0 Å². The van der Waals surface area contributed by atoms with E-state index in [0.717, 1.165) is 42.5 Å². The van der Waals surface area contributed by atoms with Gasteiger partial charge < -0.3 is 10.5 Å². The van der Waals surface area contributed by atoms with Gasteiger partial charge in [0.05, 0.1) is 11.1 Å². The quantitative estimate of drug-likeness (QED) is 0.804. The molecule has 0 saturated carbocycles. The molecule has 0 saturated heterocycles. The molecule has 3 rings (SSSR count). The van der Waals surface area contributed by atoms with E-state index >= 15 is 0 Å². The highest BCUT2D eigenvalue weighted by atomic mass is 16.5. The third-order valence-electron chi connectivity index (χ3n) is 4.72. The number of carbonyl (C=O) groups excluding carboxylic acids is 3. The van der Waals surface area contributed by atoms with Crippen LogP contribution in [0.4, 0.5) is 4.79 Å². The lowest BCUT2D eigenvalue weighted by atomic mass is 9.90. The van der Waals surface area contributed by atoms with Gasteiger partial charge in [-0.2, -0.15) is 0 Å². The summed E-state index contributed by atoms with van der Waals surface area (Å²) in [5.74, 6) is -1.62. The molecule has 1 atom stereocenters. The van der Waals surface area contributed by atoms with Crippen LogP contribution in [0, 0.1) is 5.92 Å². The van der Waals surface area contributed by atoms with Gasteiger partial charge in [0.25, 0.3) is 5.91 Å². The lowest BCUT2D eigenvalue weighted by molar-refractivity contribution is -0.130. The minimum Gasteiger partial charge on any atom is -0.448 e. The number of nitrogens with one attached hydrogen (secondary N) is 1. The molecule has 1 aromatic carbocycles. The molecule has 0 spiro atoms. The predicted octanol–water partition coefficient (Wildman–Crippen LogP) is 2.49. The van der Waals surface area contributed by atoms with Gasteiger partial charge in [0.1, 0.15) is 0 Å². The van der Waals surface area contributed by atoms with Gasteiger partial charge >= 0.3 is 12.0 Å². The van der Waals surface area contributed by atoms with E-state index in [9.17, 15) is 14.4 Å². The van der Waals surface area contributed by atoms with Crippen LogP contribution in [-0.2, 0) is 22.4 Å². The minimum absolute atomic E-state index is 0.322. The first-order valence-electron chi connectivity index (χ1n) is 9.10. The third kappa shape index (κ3) is 3.92. The summed E-state index contributed by atoms with van der Waals surface area (Å²) >= 11 is 0. The lowest BCUT2D eigenvalue weighted by Gasteiger charge is -2.23. The van der Waals surface area contributed by atoms with Crippen LogP contribution in [0.1, 0.15) is 48.3 Å². The molecule has 0 bridgehead atoms. The summed E-state index contributed by atoms with van der Waals surface area (Å²) in [5, 5.41) is 2.70. The number of aryl methyl sites for hydroxylation is 1. The highest BCUT2D eigenvalue weighted by Crippen LogP contribution is 2.30. The molecule has 142 valence electrons. The maximum Gasteiger partial charge on any atom is 0.339 e. The van der Waals surface area contributed by atoms with Crippen molar-refractivity contribution in [3.05, 3.63) is 41.1 Å². The van der Waals surface area contributed by atoms with Crippen molar-refractivity contribution in [2.24, 2.45) is 11.7 Å². The van der Waals surface area contributed by atoms with Gasteiger partial charge in [0.2, 0.25) is 0 Å². The van der Waals surface area contributed by atoms with E-state index in [1.807, 2.05) is 29.6 Å². The van der Waals surface area contributed by atoms with Gasteiger partial charge in [-0.05, 0) is 43.2 Å². The molecule has 3 N–H and O–H groups in total. The number of imide groups is 1. The minimum atomic E-state index is -1.11. The van der Waals surface area contributed by atoms with E-state index in [2.05, 4.69) is 0 Å². The van der Waals surface area contributed by atoms with Gasteiger partial charge in [-0.25, -0.2) is 9.59 Å². The number of nitrogens with zero attached hydrogens (tertiary/aromatic N) is 1. The Morgan fingerprint density at radius 3 is 2.56 bits per heavy atom. The first kappa shape index (κ1) is 18.8. The standard InChI is InChI=1S/C20H23N3O4/c1-11(2)17(18(24)23-20(21)26)27-19(25)16-12-7-3-5-9-14(12)22-15-10-6-4-8-13(15)16/h3,5,7,9,11,17H,4,6,8,10H2,1-2H3,(H3,21,23,24,26)/t17-/m0/s1. The second-order valence-electron chi connectivity index (χ2n) is 7.06. The van der Waals surface area contributed by atoms with Crippen molar-refractivity contribution >= 4 is 28.8 Å². The van der Waals surface area contributed by atoms with Crippen molar-refractivity contribution in [3.8, 4) is 0 Å². The molecule has 27 heavy (non-hydrogen) atoms. The normalized spacial score (nSPS) is 14.5. The molecule has 3 amide bonds. The molecular weight excluding hydrogens is 346 g/mol. The number of para-hydroxylation sites is 1. The van der Waals surface area contributed by atoms with E-state index < -0.39 is 24.0 Å². The van der Waals surface area contributed by atoms with Gasteiger partial charge in [-0.1, -0.05) is 32.0 Å². The monoisotopic (exact) mass is 369 g/mol. The van der Waals surface area contributed by atoms with Crippen LogP contribution in [0.5, 0.6) is 0 Å². The van der Waals surface area contributed by atoms with Crippen molar-refractivity contribution in [1.82, 2.24) is 10.3 Å². The molecule has 1 aliphatic carbocycles. The summed E-state index contributed by atoms with van der Waals surface area (Å²) in [7, 11) is 0. The summed E-state index contributed by atoms with van der Waals surface area (Å²) < 4.78 is 5.55. The highest BCUT2D eigenvalue weighted by molar-refractivity contribution is 6.06. The number of benzene rings is 1. The number of amides is 3. The first-order chi connectivity index (χ1) is 12.9. The van der Waals surface area contributed by atoms with Crippen LogP contribution in [0.15, 0.2) is 24.3 Å². The molecule has 1 aliphatic rings. The Hall–Kier alpha value is -2.96. The summed E-state index contributed by atoms with van der Waals surface area (Å²) in [6.45, 7) is 3.47. The van der Waals surface area contributed by atoms with Crippen molar-refractivity contribution in [2.75, 3.05) is 0 Å². The number of hydrogen-bond acceptors (Lipinski definition) is 5. The molecule has 7 nitrogen and oxygen atoms in total. The number of fused-ring (bicyclic) bond motifs is 2. The molecule has 0 fully saturated rings. The number of nitrogens with two attached hydrogens (primary N) is 1. The second kappa shape index (κ2) is 7.73. The summed E-state index contributed by atoms with van der Waals surface area (Å²) in [5.41, 5.74) is 8.02. The van der Waals surface area contributed by atoms with Crippen molar-refractivity contribution in [2.45, 2.75) is 45.6 Å². The van der Waals surface area contributed by atoms with Crippen LogP contribution in [0.3, 0.4) is 0 Å². The Morgan fingerprint density at radius 2 is 1.85 bits per heavy atom. The number of carbonyl (C=O) groups is 3. The van der Waals surface area contributed by atoms with Crippen LogP contribution >= 0.6 is 0 Å². The molecule has 0 unspecified atom stereocenters. The molecular formula is C20H23N3O4. The number of ether oxygens (including phenoxy) is 1. The van der Waals surface area contributed by atoms with E-state index in [1.165, 1.54) is 0 Å². The Balaban J connectivity index is 2.01. The number of urea groups is 1. The zero-order valence-electron chi connectivity index (χ0n) is 15.5. The topological polar surface area (TPSA) is 111 Å². The van der Waals surface area contributed by atoms with E-state index in [1.54, 1.807) is 13.8 Å². The third-order valence-corrected chi connectivity index (χ3v) is 4.72.